The molecule has 0 saturated carbocycles. The first-order chi connectivity index (χ1) is 11.6. The number of H-pyrrole nitrogens is 1. The molecule has 2 aromatic rings. The summed E-state index contributed by atoms with van der Waals surface area (Å²) in [5, 5.41) is 9.20. The van der Waals surface area contributed by atoms with E-state index in [-0.39, 0.29) is 24.6 Å². The third kappa shape index (κ3) is 4.11. The summed E-state index contributed by atoms with van der Waals surface area (Å²) in [4.78, 5) is 29.3. The molecule has 0 radical (unpaired) electrons. The summed E-state index contributed by atoms with van der Waals surface area (Å²) < 4.78 is 0. The van der Waals surface area contributed by atoms with Crippen LogP contribution in [0.3, 0.4) is 0 Å². The van der Waals surface area contributed by atoms with Gasteiger partial charge in [0, 0.05) is 24.3 Å². The van der Waals surface area contributed by atoms with Gasteiger partial charge in [-0.2, -0.15) is 0 Å². The van der Waals surface area contributed by atoms with Crippen molar-refractivity contribution in [3.63, 3.8) is 0 Å². The van der Waals surface area contributed by atoms with Crippen molar-refractivity contribution in [3.8, 4) is 11.1 Å². The highest BCUT2D eigenvalue weighted by Crippen LogP contribution is 2.22. The molecule has 1 heterocycles. The van der Waals surface area contributed by atoms with E-state index in [1.165, 1.54) is 4.90 Å². The molecule has 2 N–H and O–H groups in total. The van der Waals surface area contributed by atoms with Crippen molar-refractivity contribution in [3.05, 3.63) is 58.0 Å². The van der Waals surface area contributed by atoms with Gasteiger partial charge in [0.15, 0.2) is 0 Å². The van der Waals surface area contributed by atoms with Crippen LogP contribution in [0, 0.1) is 6.92 Å². The number of rotatable bonds is 7. The number of amides is 1. The average molecular weight is 328 g/mol. The molecule has 0 fully saturated rings. The van der Waals surface area contributed by atoms with Crippen molar-refractivity contribution in [1.29, 1.82) is 0 Å². The van der Waals surface area contributed by atoms with Crippen molar-refractivity contribution < 1.29 is 9.90 Å². The Morgan fingerprint density at radius 1 is 1.21 bits per heavy atom. The van der Waals surface area contributed by atoms with Gasteiger partial charge in [0.05, 0.1) is 6.61 Å². The zero-order valence-corrected chi connectivity index (χ0v) is 14.2. The quantitative estimate of drug-likeness (QED) is 0.820. The van der Waals surface area contributed by atoms with Crippen LogP contribution in [0.15, 0.2) is 41.2 Å². The van der Waals surface area contributed by atoms with Crippen molar-refractivity contribution in [1.82, 2.24) is 9.88 Å². The lowest BCUT2D eigenvalue weighted by Gasteiger charge is -2.21. The summed E-state index contributed by atoms with van der Waals surface area (Å²) in [6, 6.07) is 11.3. The van der Waals surface area contributed by atoms with Gasteiger partial charge in [0.1, 0.15) is 5.56 Å². The van der Waals surface area contributed by atoms with Crippen LogP contribution in [0.2, 0.25) is 0 Å². The number of pyridine rings is 1. The summed E-state index contributed by atoms with van der Waals surface area (Å²) in [7, 11) is 0. The molecular formula is C19H24N2O3. The van der Waals surface area contributed by atoms with E-state index in [9.17, 15) is 14.7 Å². The number of aromatic amines is 1. The maximum Gasteiger partial charge on any atom is 0.261 e. The van der Waals surface area contributed by atoms with Crippen LogP contribution in [0.25, 0.3) is 11.1 Å². The van der Waals surface area contributed by atoms with Gasteiger partial charge in [-0.05, 0) is 25.0 Å². The number of benzene rings is 1. The van der Waals surface area contributed by atoms with E-state index in [4.69, 9.17) is 0 Å². The summed E-state index contributed by atoms with van der Waals surface area (Å²) in [6.07, 6.45) is 1.77. The third-order valence-electron chi connectivity index (χ3n) is 3.99. The number of aryl methyl sites for hydroxylation is 1. The van der Waals surface area contributed by atoms with Crippen molar-refractivity contribution in [2.45, 2.75) is 26.7 Å². The van der Waals surface area contributed by atoms with Gasteiger partial charge in [-0.3, -0.25) is 9.59 Å². The zero-order chi connectivity index (χ0) is 17.5. The second kappa shape index (κ2) is 8.45. The SMILES string of the molecule is CCCCN(CCO)C(=O)c1cc(-c2ccccc2)c(C)[nH]c1=O. The molecule has 5 nitrogen and oxygen atoms in total. The number of aromatic nitrogens is 1. The van der Waals surface area contributed by atoms with Gasteiger partial charge in [-0.1, -0.05) is 43.7 Å². The molecule has 0 atom stereocenters. The lowest BCUT2D eigenvalue weighted by molar-refractivity contribution is 0.0717. The lowest BCUT2D eigenvalue weighted by atomic mass is 10.0. The fraction of sp³-hybridized carbons (Fsp3) is 0.368. The van der Waals surface area contributed by atoms with Gasteiger partial charge < -0.3 is 15.0 Å². The molecule has 0 aliphatic rings. The minimum atomic E-state index is -0.392. The normalized spacial score (nSPS) is 10.6. The van der Waals surface area contributed by atoms with Crippen molar-refractivity contribution in [2.24, 2.45) is 0 Å². The first-order valence-electron chi connectivity index (χ1n) is 8.28. The van der Waals surface area contributed by atoms with Crippen molar-refractivity contribution in [2.75, 3.05) is 19.7 Å². The number of hydrogen-bond acceptors (Lipinski definition) is 3. The summed E-state index contributed by atoms with van der Waals surface area (Å²) in [5.74, 6) is -0.337. The summed E-state index contributed by atoms with van der Waals surface area (Å²) in [6.45, 7) is 4.50. The predicted octanol–water partition coefficient (Wildman–Crippen LogP) is 2.58. The highest BCUT2D eigenvalue weighted by molar-refractivity contribution is 5.95. The molecular weight excluding hydrogens is 304 g/mol. The van der Waals surface area contributed by atoms with Crippen LogP contribution in [0.4, 0.5) is 0 Å². The van der Waals surface area contributed by atoms with Gasteiger partial charge in [-0.15, -0.1) is 0 Å². The molecule has 0 unspecified atom stereocenters. The Morgan fingerprint density at radius 2 is 1.92 bits per heavy atom. The number of nitrogens with one attached hydrogen (secondary N) is 1. The van der Waals surface area contributed by atoms with E-state index in [0.717, 1.165) is 29.7 Å². The number of nitrogens with zero attached hydrogens (tertiary/aromatic N) is 1. The van der Waals surface area contributed by atoms with Crippen LogP contribution >= 0.6 is 0 Å². The maximum atomic E-state index is 12.8. The molecule has 128 valence electrons. The Hall–Kier alpha value is -2.40. The van der Waals surface area contributed by atoms with Gasteiger partial charge >= 0.3 is 0 Å². The fourth-order valence-electron chi connectivity index (χ4n) is 2.65. The Bertz CT molecular complexity index is 738. The molecule has 0 bridgehead atoms. The molecule has 0 aliphatic heterocycles. The molecule has 24 heavy (non-hydrogen) atoms. The van der Waals surface area contributed by atoms with E-state index in [1.54, 1.807) is 6.07 Å². The maximum absolute atomic E-state index is 12.8. The number of hydrogen-bond donors (Lipinski definition) is 2. The average Bonchev–Trinajstić information content (AvgIpc) is 2.59. The van der Waals surface area contributed by atoms with Crippen LogP contribution in [0.5, 0.6) is 0 Å². The largest absolute Gasteiger partial charge is 0.395 e. The summed E-state index contributed by atoms with van der Waals surface area (Å²) in [5.41, 5.74) is 2.23. The standard InChI is InChI=1S/C19H24N2O3/c1-3-4-10-21(11-12-22)19(24)17-13-16(14(2)20-18(17)23)15-8-6-5-7-9-15/h5-9,13,22H,3-4,10-12H2,1-2H3,(H,20,23). The number of unbranched alkanes of at least 4 members (excludes halogenated alkanes) is 1. The number of carbonyl (C=O) groups is 1. The monoisotopic (exact) mass is 328 g/mol. The van der Waals surface area contributed by atoms with Gasteiger partial charge in [0.25, 0.3) is 11.5 Å². The molecule has 1 amide bonds. The van der Waals surface area contributed by atoms with E-state index in [1.807, 2.05) is 44.2 Å². The number of aliphatic hydroxyl groups is 1. The minimum Gasteiger partial charge on any atom is -0.395 e. The molecule has 2 rings (SSSR count). The van der Waals surface area contributed by atoms with E-state index in [2.05, 4.69) is 4.98 Å². The first kappa shape index (κ1) is 17.9. The molecule has 1 aromatic heterocycles. The molecule has 0 aliphatic carbocycles. The van der Waals surface area contributed by atoms with Crippen LogP contribution < -0.4 is 5.56 Å². The summed E-state index contributed by atoms with van der Waals surface area (Å²) >= 11 is 0. The first-order valence-corrected chi connectivity index (χ1v) is 8.28. The molecule has 0 spiro atoms. The second-order valence-corrected chi connectivity index (χ2v) is 5.79. The molecule has 0 saturated heterocycles. The number of carbonyl (C=O) groups excluding carboxylic acids is 1. The molecule has 5 heteroatoms. The smallest absolute Gasteiger partial charge is 0.261 e. The van der Waals surface area contributed by atoms with E-state index >= 15 is 0 Å². The van der Waals surface area contributed by atoms with Gasteiger partial charge in [0.2, 0.25) is 0 Å². The van der Waals surface area contributed by atoms with E-state index in [0.29, 0.717) is 6.54 Å². The minimum absolute atomic E-state index is 0.115. The Balaban J connectivity index is 2.42. The topological polar surface area (TPSA) is 73.4 Å². The highest BCUT2D eigenvalue weighted by atomic mass is 16.3. The number of aliphatic hydroxyl groups excluding tert-OH is 1. The third-order valence-corrected chi connectivity index (χ3v) is 3.99. The van der Waals surface area contributed by atoms with Crippen molar-refractivity contribution >= 4 is 5.91 Å². The fourth-order valence-corrected chi connectivity index (χ4v) is 2.65. The van der Waals surface area contributed by atoms with E-state index < -0.39 is 5.56 Å². The van der Waals surface area contributed by atoms with Crippen LogP contribution in [0.1, 0.15) is 35.8 Å². The van der Waals surface area contributed by atoms with Crippen LogP contribution in [-0.2, 0) is 0 Å². The van der Waals surface area contributed by atoms with Gasteiger partial charge in [-0.25, -0.2) is 0 Å². The Morgan fingerprint density at radius 3 is 2.54 bits per heavy atom. The predicted molar refractivity (Wildman–Crippen MR) is 95.1 cm³/mol. The zero-order valence-electron chi connectivity index (χ0n) is 14.2. The Kier molecular flexibility index (Phi) is 6.32. The molecule has 1 aromatic carbocycles. The Labute approximate surface area is 142 Å². The lowest BCUT2D eigenvalue weighted by Crippen LogP contribution is -2.37. The second-order valence-electron chi connectivity index (χ2n) is 5.79. The van der Waals surface area contributed by atoms with Crippen LogP contribution in [-0.4, -0.2) is 40.6 Å². The highest BCUT2D eigenvalue weighted by Gasteiger charge is 2.20.